The molecule has 0 spiro atoms. The number of aromatic amines is 1. The van der Waals surface area contributed by atoms with Gasteiger partial charge < -0.3 is 14.6 Å². The third-order valence-electron chi connectivity index (χ3n) is 4.65. The molecule has 0 saturated heterocycles. The number of aromatic hydroxyl groups is 1. The Kier molecular flexibility index (Phi) is 6.15. The maximum Gasteiger partial charge on any atom is 0.422 e. The van der Waals surface area contributed by atoms with Gasteiger partial charge in [-0.1, -0.05) is 25.8 Å². The molecular formula is C18H19F3N2O6. The van der Waals surface area contributed by atoms with Crippen molar-refractivity contribution in [1.82, 2.24) is 9.55 Å². The smallest absolute Gasteiger partial charge is 0.422 e. The molecule has 0 aromatic carbocycles. The van der Waals surface area contributed by atoms with Crippen LogP contribution in [-0.2, 0) is 32.2 Å². The summed E-state index contributed by atoms with van der Waals surface area (Å²) < 4.78 is 46.4. The first kappa shape index (κ1) is 22.1. The highest BCUT2D eigenvalue weighted by atomic mass is 19.4. The number of nitrogens with zero attached hydrogens (tertiary/aromatic N) is 1. The molecule has 0 radical (unpaired) electrons. The van der Waals surface area contributed by atoms with E-state index in [2.05, 4.69) is 15.6 Å². The van der Waals surface area contributed by atoms with Crippen molar-refractivity contribution in [2.45, 2.75) is 33.2 Å². The van der Waals surface area contributed by atoms with Gasteiger partial charge >= 0.3 is 23.8 Å². The van der Waals surface area contributed by atoms with E-state index in [9.17, 15) is 32.7 Å². The van der Waals surface area contributed by atoms with E-state index in [1.807, 2.05) is 0 Å². The van der Waals surface area contributed by atoms with E-state index < -0.39 is 60.1 Å². The van der Waals surface area contributed by atoms with E-state index >= 15 is 0 Å². The van der Waals surface area contributed by atoms with Gasteiger partial charge in [0, 0.05) is 6.08 Å². The fraction of sp³-hybridized carbons (Fsp3) is 0.500. The number of hydrogen-bond donors (Lipinski definition) is 2. The third kappa shape index (κ3) is 5.22. The molecule has 0 amide bonds. The van der Waals surface area contributed by atoms with Crippen LogP contribution in [0.1, 0.15) is 19.5 Å². The maximum absolute atomic E-state index is 12.4. The van der Waals surface area contributed by atoms with Crippen molar-refractivity contribution < 1.29 is 37.3 Å². The lowest BCUT2D eigenvalue weighted by Gasteiger charge is -2.07. The second-order valence-corrected chi connectivity index (χ2v) is 7.03. The van der Waals surface area contributed by atoms with Gasteiger partial charge in [-0.3, -0.25) is 14.3 Å². The average Bonchev–Trinajstić information content (AvgIpc) is 3.05. The summed E-state index contributed by atoms with van der Waals surface area (Å²) in [6.07, 6.45) is 2.67. The molecule has 1 saturated carbocycles. The van der Waals surface area contributed by atoms with Crippen LogP contribution in [0.4, 0.5) is 13.2 Å². The highest BCUT2D eigenvalue weighted by Crippen LogP contribution is 2.59. The number of ether oxygens (including phenoxy) is 2. The number of alkyl halides is 3. The standard InChI is InChI=1S/C18H19F3N2O6/c1-4-7-23-11(14(25)22-16(23)27)8-28-15(26)13-10(17(13,2)3)5-6-12(24)29-9-18(19,20)21/h1,5-6,10,13,25H,7-9H2,2-3H3,(H,22,27)/t10-,13-/m0/s1. The zero-order chi connectivity index (χ0) is 22.0. The highest BCUT2D eigenvalue weighted by molar-refractivity contribution is 5.83. The molecule has 1 aromatic rings. The molecule has 1 aliphatic rings. The summed E-state index contributed by atoms with van der Waals surface area (Å²) in [5, 5.41) is 9.73. The molecule has 8 nitrogen and oxygen atoms in total. The summed E-state index contributed by atoms with van der Waals surface area (Å²) >= 11 is 0. The van der Waals surface area contributed by atoms with Gasteiger partial charge in [0.1, 0.15) is 12.3 Å². The molecule has 1 aliphatic carbocycles. The second-order valence-electron chi connectivity index (χ2n) is 7.03. The highest BCUT2D eigenvalue weighted by Gasteiger charge is 2.61. The zero-order valence-electron chi connectivity index (χ0n) is 15.6. The van der Waals surface area contributed by atoms with Crippen LogP contribution in [0.3, 0.4) is 0 Å². The molecule has 0 unspecified atom stereocenters. The molecule has 1 aromatic heterocycles. The molecular weight excluding hydrogens is 397 g/mol. The molecule has 29 heavy (non-hydrogen) atoms. The number of aromatic nitrogens is 2. The fourth-order valence-electron chi connectivity index (χ4n) is 3.00. The Bertz CT molecular complexity index is 919. The van der Waals surface area contributed by atoms with Gasteiger partial charge in [0.15, 0.2) is 6.61 Å². The van der Waals surface area contributed by atoms with Crippen LogP contribution in [0.2, 0.25) is 0 Å². The van der Waals surface area contributed by atoms with Crippen LogP contribution < -0.4 is 5.69 Å². The van der Waals surface area contributed by atoms with E-state index in [1.165, 1.54) is 6.08 Å². The SMILES string of the molecule is C#CCn1c(COC(=O)[C@@H]2[C@H](C=CC(=O)OCC(F)(F)F)C2(C)C)c(O)[nH]c1=O. The van der Waals surface area contributed by atoms with Crippen molar-refractivity contribution in [1.29, 1.82) is 0 Å². The number of halogens is 3. The number of carbonyl (C=O) groups is 2. The predicted octanol–water partition coefficient (Wildman–Crippen LogP) is 1.49. The molecule has 1 heterocycles. The summed E-state index contributed by atoms with van der Waals surface area (Å²) in [4.78, 5) is 37.5. The van der Waals surface area contributed by atoms with Crippen molar-refractivity contribution >= 4 is 11.9 Å². The van der Waals surface area contributed by atoms with Crippen molar-refractivity contribution in [3.8, 4) is 18.2 Å². The molecule has 1 fully saturated rings. The van der Waals surface area contributed by atoms with Gasteiger partial charge in [0.2, 0.25) is 5.88 Å². The zero-order valence-corrected chi connectivity index (χ0v) is 15.6. The van der Waals surface area contributed by atoms with Crippen LogP contribution in [0, 0.1) is 29.6 Å². The molecule has 11 heteroatoms. The van der Waals surface area contributed by atoms with E-state index in [0.29, 0.717) is 0 Å². The Morgan fingerprint density at radius 3 is 2.62 bits per heavy atom. The van der Waals surface area contributed by atoms with Crippen LogP contribution in [0.15, 0.2) is 16.9 Å². The lowest BCUT2D eigenvalue weighted by molar-refractivity contribution is -0.182. The molecule has 2 N–H and O–H groups in total. The third-order valence-corrected chi connectivity index (χ3v) is 4.65. The Hall–Kier alpha value is -3.16. The molecule has 2 rings (SSSR count). The molecule has 158 valence electrons. The number of hydrogen-bond acceptors (Lipinski definition) is 6. The first-order chi connectivity index (χ1) is 13.4. The molecule has 0 bridgehead atoms. The summed E-state index contributed by atoms with van der Waals surface area (Å²) in [6, 6.07) is 0. The Morgan fingerprint density at radius 1 is 1.38 bits per heavy atom. The lowest BCUT2D eigenvalue weighted by atomic mass is 10.1. The minimum Gasteiger partial charge on any atom is -0.493 e. The number of H-pyrrole nitrogens is 1. The quantitative estimate of drug-likeness (QED) is 0.396. The van der Waals surface area contributed by atoms with Crippen molar-refractivity contribution in [3.63, 3.8) is 0 Å². The Labute approximate surface area is 163 Å². The van der Waals surface area contributed by atoms with Gasteiger partial charge in [-0.25, -0.2) is 9.59 Å². The van der Waals surface area contributed by atoms with E-state index in [4.69, 9.17) is 11.2 Å². The van der Waals surface area contributed by atoms with Crippen LogP contribution in [-0.4, -0.2) is 39.4 Å². The number of allylic oxidation sites excluding steroid dienone is 1. The van der Waals surface area contributed by atoms with E-state index in [1.54, 1.807) is 13.8 Å². The lowest BCUT2D eigenvalue weighted by Crippen LogP contribution is -2.20. The molecule has 2 atom stereocenters. The van der Waals surface area contributed by atoms with E-state index in [-0.39, 0.29) is 12.2 Å². The van der Waals surface area contributed by atoms with Crippen molar-refractivity contribution in [2.24, 2.45) is 17.3 Å². The average molecular weight is 416 g/mol. The first-order valence-corrected chi connectivity index (χ1v) is 8.41. The maximum atomic E-state index is 12.4. The number of terminal acetylenes is 1. The number of imidazole rings is 1. The summed E-state index contributed by atoms with van der Waals surface area (Å²) in [5.41, 5.74) is -1.25. The van der Waals surface area contributed by atoms with Gasteiger partial charge in [0.05, 0.1) is 12.5 Å². The second kappa shape index (κ2) is 8.06. The van der Waals surface area contributed by atoms with Crippen LogP contribution in [0.25, 0.3) is 0 Å². The van der Waals surface area contributed by atoms with E-state index in [0.717, 1.165) is 10.6 Å². The van der Waals surface area contributed by atoms with Gasteiger partial charge in [-0.15, -0.1) is 6.42 Å². The normalized spacial score (nSPS) is 20.3. The largest absolute Gasteiger partial charge is 0.493 e. The Morgan fingerprint density at radius 2 is 2.03 bits per heavy atom. The van der Waals surface area contributed by atoms with Gasteiger partial charge in [-0.05, 0) is 11.3 Å². The van der Waals surface area contributed by atoms with Crippen LogP contribution >= 0.6 is 0 Å². The summed E-state index contributed by atoms with van der Waals surface area (Å²) in [5.74, 6) is -1.19. The minimum atomic E-state index is -4.63. The monoisotopic (exact) mass is 416 g/mol. The molecule has 0 aliphatic heterocycles. The number of carbonyl (C=O) groups excluding carboxylic acids is 2. The number of nitrogens with one attached hydrogen (secondary N) is 1. The number of rotatable bonds is 7. The predicted molar refractivity (Wildman–Crippen MR) is 92.3 cm³/mol. The minimum absolute atomic E-state index is 0.00239. The van der Waals surface area contributed by atoms with Crippen LogP contribution in [0.5, 0.6) is 5.88 Å². The van der Waals surface area contributed by atoms with Gasteiger partial charge in [0.25, 0.3) is 0 Å². The summed E-state index contributed by atoms with van der Waals surface area (Å²) in [7, 11) is 0. The number of esters is 2. The first-order valence-electron chi connectivity index (χ1n) is 8.41. The topological polar surface area (TPSA) is 111 Å². The van der Waals surface area contributed by atoms with Crippen molar-refractivity contribution in [3.05, 3.63) is 28.3 Å². The van der Waals surface area contributed by atoms with Crippen molar-refractivity contribution in [2.75, 3.05) is 6.61 Å². The fourth-order valence-corrected chi connectivity index (χ4v) is 3.00. The summed E-state index contributed by atoms with van der Waals surface area (Å²) in [6.45, 7) is 1.19. The Balaban J connectivity index is 1.97. The van der Waals surface area contributed by atoms with Gasteiger partial charge in [-0.2, -0.15) is 13.2 Å².